The summed E-state index contributed by atoms with van der Waals surface area (Å²) in [5.41, 5.74) is 3.68. The molecule has 0 radical (unpaired) electrons. The lowest BCUT2D eigenvalue weighted by atomic mass is 9.90. The van der Waals surface area contributed by atoms with Gasteiger partial charge >= 0.3 is 0 Å². The third-order valence-corrected chi connectivity index (χ3v) is 7.60. The fourth-order valence-corrected chi connectivity index (χ4v) is 5.68. The molecule has 1 N–H and O–H groups in total. The van der Waals surface area contributed by atoms with Crippen LogP contribution in [0, 0.1) is 11.7 Å². The predicted molar refractivity (Wildman–Crippen MR) is 151 cm³/mol. The molecular weight excluding hydrogens is 507 g/mol. The number of aryl methyl sites for hydroxylation is 1. The first-order valence-electron chi connectivity index (χ1n) is 13.3. The molecule has 2 aromatic heterocycles. The molecule has 3 atom stereocenters. The molecule has 1 saturated heterocycles. The first-order valence-corrected chi connectivity index (χ1v) is 13.3. The van der Waals surface area contributed by atoms with Crippen LogP contribution in [0.15, 0.2) is 91.3 Å². The number of fused-ring (bicyclic) bond motifs is 1. The highest BCUT2D eigenvalue weighted by atomic mass is 19.1. The number of benzene rings is 3. The van der Waals surface area contributed by atoms with E-state index in [0.717, 1.165) is 27.8 Å². The zero-order valence-electron chi connectivity index (χ0n) is 22.2. The first kappa shape index (κ1) is 25.5. The lowest BCUT2D eigenvalue weighted by Gasteiger charge is -2.28. The third-order valence-electron chi connectivity index (χ3n) is 7.60. The highest BCUT2D eigenvalue weighted by Gasteiger charge is 2.48. The molecule has 1 aliphatic heterocycles. The number of amides is 2. The lowest BCUT2D eigenvalue weighted by molar-refractivity contribution is -0.120. The number of hydrogen-bond donors (Lipinski definition) is 1. The Morgan fingerprint density at radius 2 is 1.75 bits per heavy atom. The second-order valence-electron chi connectivity index (χ2n) is 10.1. The maximum Gasteiger partial charge on any atom is 0.272 e. The molecular formula is C31H29FN6O2. The van der Waals surface area contributed by atoms with Crippen LogP contribution in [0.2, 0.25) is 0 Å². The Morgan fingerprint density at radius 3 is 2.45 bits per heavy atom. The van der Waals surface area contributed by atoms with Crippen molar-refractivity contribution in [3.63, 3.8) is 0 Å². The van der Waals surface area contributed by atoms with Crippen LogP contribution in [0.3, 0.4) is 0 Å². The van der Waals surface area contributed by atoms with Crippen LogP contribution >= 0.6 is 0 Å². The van der Waals surface area contributed by atoms with Gasteiger partial charge in [-0.2, -0.15) is 10.2 Å². The van der Waals surface area contributed by atoms with Crippen LogP contribution < -0.4 is 10.2 Å². The average Bonchev–Trinajstić information content (AvgIpc) is 3.66. The molecule has 0 bridgehead atoms. The van der Waals surface area contributed by atoms with Crippen molar-refractivity contribution in [2.45, 2.75) is 31.8 Å². The van der Waals surface area contributed by atoms with E-state index in [1.165, 1.54) is 12.1 Å². The van der Waals surface area contributed by atoms with Crippen molar-refractivity contribution >= 4 is 28.4 Å². The van der Waals surface area contributed by atoms with E-state index in [-0.39, 0.29) is 23.7 Å². The smallest absolute Gasteiger partial charge is 0.272 e. The number of carbonyl (C=O) groups is 2. The maximum atomic E-state index is 14.1. The summed E-state index contributed by atoms with van der Waals surface area (Å²) in [7, 11) is 1.76. The van der Waals surface area contributed by atoms with Crippen molar-refractivity contribution in [3.05, 3.63) is 108 Å². The van der Waals surface area contributed by atoms with Gasteiger partial charge in [0, 0.05) is 24.3 Å². The lowest BCUT2D eigenvalue weighted by Crippen LogP contribution is -2.47. The zero-order valence-corrected chi connectivity index (χ0v) is 22.2. The quantitative estimate of drug-likeness (QED) is 0.327. The highest BCUT2D eigenvalue weighted by Crippen LogP contribution is 2.36. The SMILES string of the molecule is CC[C@@H]1[C@@H](NC(=O)c2ccn(C)n2)C(Cc2ccccc2)C(=O)N1c1ccc2c(cnn2-c2ccc(F)cc2)c1. The Hall–Kier alpha value is -4.79. The molecule has 3 heterocycles. The molecule has 40 heavy (non-hydrogen) atoms. The molecule has 2 amide bonds. The molecule has 6 rings (SSSR count). The normalized spacial score (nSPS) is 18.9. The third kappa shape index (κ3) is 4.64. The van der Waals surface area contributed by atoms with Crippen LogP contribution in [-0.4, -0.2) is 43.5 Å². The van der Waals surface area contributed by atoms with Gasteiger partial charge in [-0.05, 0) is 66.9 Å². The molecule has 202 valence electrons. The van der Waals surface area contributed by atoms with Gasteiger partial charge < -0.3 is 10.2 Å². The van der Waals surface area contributed by atoms with E-state index in [0.29, 0.717) is 18.5 Å². The Bertz CT molecular complexity index is 1680. The molecule has 1 aliphatic rings. The summed E-state index contributed by atoms with van der Waals surface area (Å²) in [6.45, 7) is 2.03. The number of rotatable bonds is 7. The molecule has 0 saturated carbocycles. The van der Waals surface area contributed by atoms with E-state index >= 15 is 0 Å². The van der Waals surface area contributed by atoms with Crippen LogP contribution in [0.4, 0.5) is 10.1 Å². The van der Waals surface area contributed by atoms with Crippen LogP contribution in [0.5, 0.6) is 0 Å². The molecule has 9 heteroatoms. The fourth-order valence-electron chi connectivity index (χ4n) is 5.68. The summed E-state index contributed by atoms with van der Waals surface area (Å²) in [5, 5.41) is 12.8. The summed E-state index contributed by atoms with van der Waals surface area (Å²) in [4.78, 5) is 29.1. The van der Waals surface area contributed by atoms with Crippen LogP contribution in [0.1, 0.15) is 29.4 Å². The molecule has 0 spiro atoms. The summed E-state index contributed by atoms with van der Waals surface area (Å²) >= 11 is 0. The van der Waals surface area contributed by atoms with Gasteiger partial charge in [0.25, 0.3) is 5.91 Å². The second kappa shape index (κ2) is 10.4. The van der Waals surface area contributed by atoms with Gasteiger partial charge in [-0.1, -0.05) is 37.3 Å². The molecule has 1 fully saturated rings. The summed E-state index contributed by atoms with van der Waals surface area (Å²) < 4.78 is 16.8. The number of hydrogen-bond acceptors (Lipinski definition) is 4. The first-order chi connectivity index (χ1) is 19.4. The topological polar surface area (TPSA) is 85.1 Å². The highest BCUT2D eigenvalue weighted by molar-refractivity contribution is 6.02. The molecule has 5 aromatic rings. The second-order valence-corrected chi connectivity index (χ2v) is 10.1. The average molecular weight is 537 g/mol. The summed E-state index contributed by atoms with van der Waals surface area (Å²) in [6, 6.07) is 22.8. The number of nitrogens with zero attached hydrogens (tertiary/aromatic N) is 5. The van der Waals surface area contributed by atoms with Crippen molar-refractivity contribution in [2.75, 3.05) is 4.90 Å². The Balaban J connectivity index is 1.36. The van der Waals surface area contributed by atoms with Crippen LogP contribution in [-0.2, 0) is 18.3 Å². The Kier molecular flexibility index (Phi) is 6.63. The Labute approximate surface area is 231 Å². The maximum absolute atomic E-state index is 14.1. The van der Waals surface area contributed by atoms with Gasteiger partial charge in [-0.25, -0.2) is 9.07 Å². The molecule has 1 unspecified atom stereocenters. The van der Waals surface area contributed by atoms with Crippen LogP contribution in [0.25, 0.3) is 16.6 Å². The monoisotopic (exact) mass is 536 g/mol. The van der Waals surface area contributed by atoms with Crippen molar-refractivity contribution in [1.29, 1.82) is 0 Å². The number of aromatic nitrogens is 4. The van der Waals surface area contributed by atoms with E-state index in [9.17, 15) is 14.0 Å². The van der Waals surface area contributed by atoms with Crippen molar-refractivity contribution in [1.82, 2.24) is 24.9 Å². The van der Waals surface area contributed by atoms with Crippen molar-refractivity contribution < 1.29 is 14.0 Å². The van der Waals surface area contributed by atoms with E-state index in [2.05, 4.69) is 15.5 Å². The number of nitrogens with one attached hydrogen (secondary N) is 1. The van der Waals surface area contributed by atoms with Crippen molar-refractivity contribution in [2.24, 2.45) is 13.0 Å². The van der Waals surface area contributed by atoms with E-state index in [4.69, 9.17) is 0 Å². The molecule has 3 aromatic carbocycles. The van der Waals surface area contributed by atoms with Gasteiger partial charge in [0.15, 0.2) is 0 Å². The minimum atomic E-state index is -0.447. The van der Waals surface area contributed by atoms with Gasteiger partial charge in [0.05, 0.1) is 35.4 Å². The largest absolute Gasteiger partial charge is 0.345 e. The number of halogens is 1. The van der Waals surface area contributed by atoms with Gasteiger partial charge in [-0.15, -0.1) is 0 Å². The van der Waals surface area contributed by atoms with Gasteiger partial charge in [0.2, 0.25) is 5.91 Å². The Morgan fingerprint density at radius 1 is 1.00 bits per heavy atom. The fraction of sp³-hybridized carbons (Fsp3) is 0.226. The standard InChI is InChI=1S/C31H29FN6O2/c1-3-27-29(34-30(39)26-15-16-36(2)35-26)25(17-20-7-5-4-6-8-20)31(40)37(27)24-13-14-28-21(18-24)19-33-38(28)23-11-9-22(32)10-12-23/h4-16,18-19,25,27,29H,3,17H2,1-2H3,(H,34,39)/t25?,27-,29+/m1/s1. The summed E-state index contributed by atoms with van der Waals surface area (Å²) in [6.07, 6.45) is 4.62. The number of anilines is 1. The zero-order chi connectivity index (χ0) is 27.8. The minimum absolute atomic E-state index is 0.0349. The molecule has 0 aliphatic carbocycles. The van der Waals surface area contributed by atoms with Gasteiger partial charge in [-0.3, -0.25) is 14.3 Å². The van der Waals surface area contributed by atoms with E-state index in [1.54, 1.807) is 47.0 Å². The van der Waals surface area contributed by atoms with Gasteiger partial charge in [0.1, 0.15) is 11.5 Å². The minimum Gasteiger partial charge on any atom is -0.345 e. The molecule has 8 nitrogen and oxygen atoms in total. The number of carbonyl (C=O) groups excluding carboxylic acids is 2. The van der Waals surface area contributed by atoms with E-state index < -0.39 is 12.0 Å². The summed E-state index contributed by atoms with van der Waals surface area (Å²) in [5.74, 6) is -1.09. The van der Waals surface area contributed by atoms with E-state index in [1.807, 2.05) is 60.4 Å². The predicted octanol–water partition coefficient (Wildman–Crippen LogP) is 4.68. The van der Waals surface area contributed by atoms with Crippen molar-refractivity contribution in [3.8, 4) is 5.69 Å².